The number of rotatable bonds is 3. The van der Waals surface area contributed by atoms with Crippen LogP contribution in [-0.4, -0.2) is 42.3 Å². The Balaban J connectivity index is 1.48. The largest absolute Gasteiger partial charge is 0.378 e. The Morgan fingerprint density at radius 3 is 2.55 bits per heavy atom. The number of carbonyl (C=O) groups excluding carboxylic acids is 1. The van der Waals surface area contributed by atoms with E-state index in [0.29, 0.717) is 26.3 Å². The number of ether oxygens (including phenoxy) is 1. The van der Waals surface area contributed by atoms with Crippen LogP contribution in [0.1, 0.15) is 10.8 Å². The van der Waals surface area contributed by atoms with Crippen LogP contribution in [0.25, 0.3) is 10.8 Å². The Kier molecular flexibility index (Phi) is 4.96. The van der Waals surface area contributed by atoms with Crippen LogP contribution in [0.5, 0.6) is 0 Å². The highest BCUT2D eigenvalue weighted by molar-refractivity contribution is 8.14. The third kappa shape index (κ3) is 3.61. The topological polar surface area (TPSA) is 53.9 Å². The van der Waals surface area contributed by atoms with Gasteiger partial charge < -0.3 is 15.0 Å². The van der Waals surface area contributed by atoms with Crippen LogP contribution in [0.15, 0.2) is 71.7 Å². The van der Waals surface area contributed by atoms with E-state index in [-0.39, 0.29) is 11.2 Å². The van der Waals surface area contributed by atoms with Gasteiger partial charge in [-0.3, -0.25) is 4.79 Å². The SMILES string of the molecule is O=C([C@@H](SC1=Nc2cccc3cccc(c23)N1)c1ccccc1)N1CCOCC1. The van der Waals surface area contributed by atoms with Gasteiger partial charge in [0.05, 0.1) is 24.6 Å². The molecule has 3 aromatic rings. The molecule has 0 spiro atoms. The van der Waals surface area contributed by atoms with Gasteiger partial charge in [0.15, 0.2) is 5.17 Å². The lowest BCUT2D eigenvalue weighted by Crippen LogP contribution is -2.42. The van der Waals surface area contributed by atoms with Crippen molar-refractivity contribution in [2.24, 2.45) is 4.99 Å². The van der Waals surface area contributed by atoms with E-state index in [0.717, 1.165) is 32.9 Å². The molecule has 6 heteroatoms. The first-order valence-electron chi connectivity index (χ1n) is 9.75. The third-order valence-electron chi connectivity index (χ3n) is 5.23. The van der Waals surface area contributed by atoms with E-state index in [1.807, 2.05) is 53.4 Å². The number of amides is 1. The third-order valence-corrected chi connectivity index (χ3v) is 6.35. The molecule has 0 aromatic heterocycles. The summed E-state index contributed by atoms with van der Waals surface area (Å²) >= 11 is 1.48. The van der Waals surface area contributed by atoms with Crippen LogP contribution >= 0.6 is 11.8 Å². The first-order valence-corrected chi connectivity index (χ1v) is 10.6. The summed E-state index contributed by atoms with van der Waals surface area (Å²) < 4.78 is 5.42. The molecule has 1 atom stereocenters. The molecule has 1 N–H and O–H groups in total. The number of nitrogens with zero attached hydrogens (tertiary/aromatic N) is 2. The molecule has 0 aliphatic carbocycles. The highest BCUT2D eigenvalue weighted by atomic mass is 32.2. The second-order valence-corrected chi connectivity index (χ2v) is 8.16. The number of hydrogen-bond acceptors (Lipinski definition) is 5. The maximum atomic E-state index is 13.4. The van der Waals surface area contributed by atoms with E-state index < -0.39 is 0 Å². The maximum absolute atomic E-state index is 13.4. The molecular formula is C23H21N3O2S. The van der Waals surface area contributed by atoms with E-state index in [4.69, 9.17) is 9.73 Å². The van der Waals surface area contributed by atoms with Gasteiger partial charge in [-0.25, -0.2) is 4.99 Å². The Morgan fingerprint density at radius 2 is 1.76 bits per heavy atom. The van der Waals surface area contributed by atoms with E-state index in [1.54, 1.807) is 0 Å². The predicted molar refractivity (Wildman–Crippen MR) is 119 cm³/mol. The van der Waals surface area contributed by atoms with Gasteiger partial charge in [0.2, 0.25) is 5.91 Å². The molecule has 0 bridgehead atoms. The van der Waals surface area contributed by atoms with Crippen molar-refractivity contribution in [3.8, 4) is 0 Å². The Morgan fingerprint density at radius 1 is 1.00 bits per heavy atom. The Labute approximate surface area is 173 Å². The highest BCUT2D eigenvalue weighted by Gasteiger charge is 2.30. The quantitative estimate of drug-likeness (QED) is 0.695. The van der Waals surface area contributed by atoms with Gasteiger partial charge in [0.1, 0.15) is 5.25 Å². The van der Waals surface area contributed by atoms with E-state index in [9.17, 15) is 4.79 Å². The van der Waals surface area contributed by atoms with Crippen molar-refractivity contribution >= 4 is 45.0 Å². The van der Waals surface area contributed by atoms with E-state index >= 15 is 0 Å². The van der Waals surface area contributed by atoms with Gasteiger partial charge in [-0.15, -0.1) is 0 Å². The average Bonchev–Trinajstić information content (AvgIpc) is 2.78. The zero-order valence-corrected chi connectivity index (χ0v) is 16.7. The number of nitrogens with one attached hydrogen (secondary N) is 1. The summed E-state index contributed by atoms with van der Waals surface area (Å²) in [7, 11) is 0. The smallest absolute Gasteiger partial charge is 0.240 e. The summed E-state index contributed by atoms with van der Waals surface area (Å²) in [5.41, 5.74) is 2.95. The zero-order valence-electron chi connectivity index (χ0n) is 15.9. The summed E-state index contributed by atoms with van der Waals surface area (Å²) in [6, 6.07) is 22.3. The van der Waals surface area contributed by atoms with Crippen molar-refractivity contribution in [1.29, 1.82) is 0 Å². The average molecular weight is 404 g/mol. The molecule has 3 aromatic carbocycles. The number of hydrogen-bond donors (Lipinski definition) is 1. The first-order chi connectivity index (χ1) is 14.3. The Bertz CT molecular complexity index is 1070. The fraction of sp³-hybridized carbons (Fsp3) is 0.217. The number of amidine groups is 1. The van der Waals surface area contributed by atoms with Crippen molar-refractivity contribution in [2.45, 2.75) is 5.25 Å². The zero-order chi connectivity index (χ0) is 19.6. The predicted octanol–water partition coefficient (Wildman–Crippen LogP) is 4.59. The molecule has 5 rings (SSSR count). The molecular weight excluding hydrogens is 382 g/mol. The molecule has 0 saturated carbocycles. The lowest BCUT2D eigenvalue weighted by atomic mass is 10.1. The number of carbonyl (C=O) groups is 1. The fourth-order valence-corrected chi connectivity index (χ4v) is 4.86. The van der Waals surface area contributed by atoms with Crippen LogP contribution in [0, 0.1) is 0 Å². The highest BCUT2D eigenvalue weighted by Crippen LogP contribution is 2.40. The Hall–Kier alpha value is -2.83. The van der Waals surface area contributed by atoms with Crippen molar-refractivity contribution in [2.75, 3.05) is 31.6 Å². The van der Waals surface area contributed by atoms with E-state index in [1.165, 1.54) is 11.8 Å². The van der Waals surface area contributed by atoms with Crippen LogP contribution in [0.4, 0.5) is 11.4 Å². The molecule has 1 fully saturated rings. The minimum atomic E-state index is -0.356. The van der Waals surface area contributed by atoms with E-state index in [2.05, 4.69) is 23.5 Å². The van der Waals surface area contributed by atoms with Gasteiger partial charge in [-0.05, 0) is 23.1 Å². The maximum Gasteiger partial charge on any atom is 0.240 e. The molecule has 5 nitrogen and oxygen atoms in total. The second kappa shape index (κ2) is 7.89. The molecule has 1 saturated heterocycles. The summed E-state index contributed by atoms with van der Waals surface area (Å²) in [5.74, 6) is 0.103. The number of anilines is 1. The molecule has 2 aliphatic heterocycles. The molecule has 1 amide bonds. The lowest BCUT2D eigenvalue weighted by molar-refractivity contribution is -0.134. The summed E-state index contributed by atoms with van der Waals surface area (Å²) in [6.45, 7) is 2.44. The lowest BCUT2D eigenvalue weighted by Gasteiger charge is -2.31. The van der Waals surface area contributed by atoms with Crippen molar-refractivity contribution in [3.05, 3.63) is 72.3 Å². The summed E-state index contributed by atoms with van der Waals surface area (Å²) in [6.07, 6.45) is 0. The van der Waals surface area contributed by atoms with Crippen LogP contribution in [-0.2, 0) is 9.53 Å². The van der Waals surface area contributed by atoms with Crippen molar-refractivity contribution in [1.82, 2.24) is 4.90 Å². The van der Waals surface area contributed by atoms with Crippen molar-refractivity contribution < 1.29 is 9.53 Å². The van der Waals surface area contributed by atoms with Gasteiger partial charge in [-0.2, -0.15) is 0 Å². The number of thioether (sulfide) groups is 1. The molecule has 0 radical (unpaired) electrons. The molecule has 0 unspecified atom stereocenters. The number of morpholine rings is 1. The van der Waals surface area contributed by atoms with Crippen LogP contribution in [0.3, 0.4) is 0 Å². The summed E-state index contributed by atoms with van der Waals surface area (Å²) in [5, 5.41) is 6.10. The number of aliphatic imine (C=N–C) groups is 1. The monoisotopic (exact) mass is 403 g/mol. The first kappa shape index (κ1) is 18.2. The number of benzene rings is 3. The normalized spacial score (nSPS) is 16.8. The van der Waals surface area contributed by atoms with Crippen molar-refractivity contribution in [3.63, 3.8) is 0 Å². The molecule has 2 heterocycles. The van der Waals surface area contributed by atoms with Crippen LogP contribution < -0.4 is 5.32 Å². The van der Waals surface area contributed by atoms with Gasteiger partial charge >= 0.3 is 0 Å². The molecule has 2 aliphatic rings. The standard InChI is InChI=1S/C23H21N3O2S/c27-22(26-12-14-28-15-13-26)21(17-6-2-1-3-7-17)29-23-24-18-10-4-8-16-9-5-11-19(25-23)20(16)18/h1-11,21H,12-15H2,(H,24,25)/t21-/m0/s1. The fourth-order valence-electron chi connectivity index (χ4n) is 3.78. The van der Waals surface area contributed by atoms with Gasteiger partial charge in [0.25, 0.3) is 0 Å². The van der Waals surface area contributed by atoms with Crippen LogP contribution in [0.2, 0.25) is 0 Å². The summed E-state index contributed by atoms with van der Waals surface area (Å²) in [4.78, 5) is 20.1. The van der Waals surface area contributed by atoms with Gasteiger partial charge in [-0.1, -0.05) is 66.4 Å². The molecule has 146 valence electrons. The second-order valence-electron chi connectivity index (χ2n) is 7.07. The van der Waals surface area contributed by atoms with Gasteiger partial charge in [0, 0.05) is 18.5 Å². The minimum Gasteiger partial charge on any atom is -0.378 e. The molecule has 29 heavy (non-hydrogen) atoms. The minimum absolute atomic E-state index is 0.103.